The average molecular weight is 331 g/mol. The highest BCUT2D eigenvalue weighted by molar-refractivity contribution is 7.98. The molecule has 4 nitrogen and oxygen atoms in total. The highest BCUT2D eigenvalue weighted by Crippen LogP contribution is 2.29. The van der Waals surface area contributed by atoms with Gasteiger partial charge in [0.05, 0.1) is 12.6 Å². The van der Waals surface area contributed by atoms with Crippen LogP contribution in [0.4, 0.5) is 5.69 Å². The maximum Gasteiger partial charge on any atom is 0.241 e. The second-order valence-corrected chi connectivity index (χ2v) is 6.14. The zero-order chi connectivity index (χ0) is 14.4. The summed E-state index contributed by atoms with van der Waals surface area (Å²) in [6.07, 6.45) is 5.25. The fourth-order valence-electron chi connectivity index (χ4n) is 1.74. The number of thioether (sulfide) groups is 1. The van der Waals surface area contributed by atoms with Gasteiger partial charge in [-0.3, -0.25) is 4.79 Å². The smallest absolute Gasteiger partial charge is 0.241 e. The molecule has 0 bridgehead atoms. The van der Waals surface area contributed by atoms with Crippen LogP contribution in [0.2, 0.25) is 0 Å². The summed E-state index contributed by atoms with van der Waals surface area (Å²) in [6.45, 7) is 0.797. The fraction of sp³-hybridized carbons (Fsp3) is 0.533. The Hall–Kier alpha value is -0.910. The molecule has 118 valence electrons. The molecule has 1 aromatic rings. The molecule has 1 atom stereocenters. The van der Waals surface area contributed by atoms with E-state index in [0.29, 0.717) is 6.42 Å². The number of carbonyl (C=O) groups excluding carboxylic acids is 1. The molecular formula is C15H23ClN2O2S. The van der Waals surface area contributed by atoms with Crippen LogP contribution in [-0.2, 0) is 4.79 Å². The van der Waals surface area contributed by atoms with Gasteiger partial charge in [0.1, 0.15) is 5.75 Å². The number of hydrogen-bond acceptors (Lipinski definition) is 4. The van der Waals surface area contributed by atoms with E-state index in [1.54, 1.807) is 11.8 Å². The summed E-state index contributed by atoms with van der Waals surface area (Å²) in [4.78, 5) is 11.8. The van der Waals surface area contributed by atoms with E-state index in [0.717, 1.165) is 29.7 Å². The van der Waals surface area contributed by atoms with E-state index in [-0.39, 0.29) is 18.3 Å². The van der Waals surface area contributed by atoms with Crippen molar-refractivity contribution in [3.63, 3.8) is 0 Å². The largest absolute Gasteiger partial charge is 0.493 e. The minimum atomic E-state index is -0.451. The number of nitrogens with one attached hydrogen (secondary N) is 1. The number of hydrogen-bond donors (Lipinski definition) is 2. The van der Waals surface area contributed by atoms with Crippen LogP contribution in [0.3, 0.4) is 0 Å². The van der Waals surface area contributed by atoms with Gasteiger partial charge in [-0.05, 0) is 61.5 Å². The van der Waals surface area contributed by atoms with Crippen molar-refractivity contribution in [2.45, 2.75) is 25.3 Å². The number of benzene rings is 1. The van der Waals surface area contributed by atoms with Crippen LogP contribution in [-0.4, -0.2) is 30.6 Å². The van der Waals surface area contributed by atoms with Crippen molar-refractivity contribution in [3.8, 4) is 5.75 Å². The van der Waals surface area contributed by atoms with Crippen molar-refractivity contribution in [2.24, 2.45) is 11.7 Å². The number of anilines is 1. The third kappa shape index (κ3) is 6.59. The van der Waals surface area contributed by atoms with Gasteiger partial charge in [-0.2, -0.15) is 11.8 Å². The molecule has 1 fully saturated rings. The number of carbonyl (C=O) groups is 1. The third-order valence-electron chi connectivity index (χ3n) is 3.27. The lowest BCUT2D eigenvalue weighted by Crippen LogP contribution is -2.36. The Kier molecular flexibility index (Phi) is 7.93. The van der Waals surface area contributed by atoms with E-state index in [9.17, 15) is 4.79 Å². The van der Waals surface area contributed by atoms with Crippen molar-refractivity contribution in [2.75, 3.05) is 23.9 Å². The quantitative estimate of drug-likeness (QED) is 0.769. The van der Waals surface area contributed by atoms with Gasteiger partial charge in [-0.25, -0.2) is 0 Å². The minimum absolute atomic E-state index is 0. The second-order valence-electron chi connectivity index (χ2n) is 5.16. The molecule has 1 amide bonds. The molecule has 1 aliphatic carbocycles. The van der Waals surface area contributed by atoms with Crippen molar-refractivity contribution >= 4 is 35.8 Å². The predicted octanol–water partition coefficient (Wildman–Crippen LogP) is 2.92. The molecule has 0 spiro atoms. The molecule has 6 heteroatoms. The first kappa shape index (κ1) is 18.1. The van der Waals surface area contributed by atoms with E-state index >= 15 is 0 Å². The number of nitrogens with two attached hydrogens (primary N) is 1. The lowest BCUT2D eigenvalue weighted by Gasteiger charge is -2.12. The molecule has 21 heavy (non-hydrogen) atoms. The van der Waals surface area contributed by atoms with Gasteiger partial charge in [0.25, 0.3) is 0 Å². The topological polar surface area (TPSA) is 64.4 Å². The first-order valence-corrected chi connectivity index (χ1v) is 8.36. The highest BCUT2D eigenvalue weighted by Gasteiger charge is 2.21. The number of ether oxygens (including phenoxy) is 1. The van der Waals surface area contributed by atoms with E-state index in [2.05, 4.69) is 5.32 Å². The average Bonchev–Trinajstić information content (AvgIpc) is 3.28. The minimum Gasteiger partial charge on any atom is -0.493 e. The SMILES string of the molecule is CSCC[C@H](N)C(=O)Nc1ccc(OCC2CC2)cc1.Cl. The third-order valence-corrected chi connectivity index (χ3v) is 3.92. The molecule has 0 saturated heterocycles. The Morgan fingerprint density at radius 1 is 1.43 bits per heavy atom. The van der Waals surface area contributed by atoms with Gasteiger partial charge in [0.2, 0.25) is 5.91 Å². The molecule has 1 saturated carbocycles. The van der Waals surface area contributed by atoms with Crippen LogP contribution in [0.15, 0.2) is 24.3 Å². The monoisotopic (exact) mass is 330 g/mol. The summed E-state index contributed by atoms with van der Waals surface area (Å²) in [5.41, 5.74) is 6.58. The number of halogens is 1. The second kappa shape index (κ2) is 9.18. The summed E-state index contributed by atoms with van der Waals surface area (Å²) in [5.74, 6) is 2.35. The molecule has 0 heterocycles. The first-order chi connectivity index (χ1) is 9.69. The molecule has 0 aliphatic heterocycles. The molecule has 0 radical (unpaired) electrons. The van der Waals surface area contributed by atoms with Crippen molar-refractivity contribution in [3.05, 3.63) is 24.3 Å². The summed E-state index contributed by atoms with van der Waals surface area (Å²) >= 11 is 1.69. The molecule has 0 unspecified atom stereocenters. The van der Waals surface area contributed by atoms with Crippen LogP contribution in [0.5, 0.6) is 5.75 Å². The molecule has 1 aromatic carbocycles. The lowest BCUT2D eigenvalue weighted by molar-refractivity contribution is -0.117. The van der Waals surface area contributed by atoms with Gasteiger partial charge in [0.15, 0.2) is 0 Å². The van der Waals surface area contributed by atoms with E-state index in [1.165, 1.54) is 12.8 Å². The zero-order valence-corrected chi connectivity index (χ0v) is 13.8. The Labute approximate surface area is 136 Å². The molecule has 0 aromatic heterocycles. The van der Waals surface area contributed by atoms with Crippen molar-refractivity contribution in [1.29, 1.82) is 0 Å². The van der Waals surface area contributed by atoms with Gasteiger partial charge >= 0.3 is 0 Å². The summed E-state index contributed by atoms with van der Waals surface area (Å²) < 4.78 is 5.65. The summed E-state index contributed by atoms with van der Waals surface area (Å²) in [5, 5.41) is 2.83. The number of rotatable bonds is 8. The van der Waals surface area contributed by atoms with Crippen LogP contribution >= 0.6 is 24.2 Å². The van der Waals surface area contributed by atoms with E-state index in [4.69, 9.17) is 10.5 Å². The lowest BCUT2D eigenvalue weighted by atomic mass is 10.2. The Bertz CT molecular complexity index is 438. The van der Waals surface area contributed by atoms with Gasteiger partial charge in [0, 0.05) is 5.69 Å². The molecular weight excluding hydrogens is 308 g/mol. The maximum absolute atomic E-state index is 11.8. The van der Waals surface area contributed by atoms with Crippen LogP contribution in [0.25, 0.3) is 0 Å². The first-order valence-electron chi connectivity index (χ1n) is 6.97. The maximum atomic E-state index is 11.8. The zero-order valence-electron chi connectivity index (χ0n) is 12.2. The van der Waals surface area contributed by atoms with Crippen molar-refractivity contribution < 1.29 is 9.53 Å². The molecule has 2 rings (SSSR count). The highest BCUT2D eigenvalue weighted by atomic mass is 35.5. The predicted molar refractivity (Wildman–Crippen MR) is 91.5 cm³/mol. The van der Waals surface area contributed by atoms with Gasteiger partial charge in [-0.15, -0.1) is 12.4 Å². The van der Waals surface area contributed by atoms with E-state index < -0.39 is 6.04 Å². The van der Waals surface area contributed by atoms with Gasteiger partial charge < -0.3 is 15.8 Å². The normalized spacial score (nSPS) is 15.0. The fourth-order valence-corrected chi connectivity index (χ4v) is 2.23. The summed E-state index contributed by atoms with van der Waals surface area (Å²) in [6, 6.07) is 7.01. The van der Waals surface area contributed by atoms with Crippen molar-refractivity contribution in [1.82, 2.24) is 0 Å². The van der Waals surface area contributed by atoms with E-state index in [1.807, 2.05) is 30.5 Å². The van der Waals surface area contributed by atoms with Crippen LogP contribution in [0, 0.1) is 5.92 Å². The standard InChI is InChI=1S/C15H22N2O2S.ClH/c1-20-9-8-14(16)15(18)17-12-4-6-13(7-5-12)19-10-11-2-3-11;/h4-7,11,14H,2-3,8-10,16H2,1H3,(H,17,18);1H/t14-;/m0./s1. The Morgan fingerprint density at radius 2 is 2.10 bits per heavy atom. The summed E-state index contributed by atoms with van der Waals surface area (Å²) in [7, 11) is 0. The Balaban J connectivity index is 0.00000220. The Morgan fingerprint density at radius 3 is 2.67 bits per heavy atom. The molecule has 1 aliphatic rings. The van der Waals surface area contributed by atoms with Gasteiger partial charge in [-0.1, -0.05) is 0 Å². The molecule has 3 N–H and O–H groups in total. The van der Waals surface area contributed by atoms with Crippen LogP contribution in [0.1, 0.15) is 19.3 Å². The number of amides is 1. The van der Waals surface area contributed by atoms with Crippen LogP contribution < -0.4 is 15.8 Å².